The van der Waals surface area contributed by atoms with Gasteiger partial charge in [0.2, 0.25) is 0 Å². The van der Waals surface area contributed by atoms with Gasteiger partial charge in [-0.25, -0.2) is 0 Å². The van der Waals surface area contributed by atoms with E-state index >= 15 is 0 Å². The summed E-state index contributed by atoms with van der Waals surface area (Å²) in [5.74, 6) is 0.641. The van der Waals surface area contributed by atoms with Gasteiger partial charge in [0.25, 0.3) is 0 Å². The van der Waals surface area contributed by atoms with E-state index in [1.807, 2.05) is 6.08 Å². The van der Waals surface area contributed by atoms with Gasteiger partial charge in [-0.1, -0.05) is 75.0 Å². The van der Waals surface area contributed by atoms with E-state index in [-0.39, 0.29) is 0 Å². The maximum absolute atomic E-state index is 3.77. The van der Waals surface area contributed by atoms with Gasteiger partial charge in [0, 0.05) is 0 Å². The van der Waals surface area contributed by atoms with Crippen LogP contribution in [0.5, 0.6) is 0 Å². The molecule has 0 spiro atoms. The Bertz CT molecular complexity index is 503. The number of hydrogen-bond acceptors (Lipinski definition) is 0. The molecular formula is C18H20. The van der Waals surface area contributed by atoms with E-state index in [1.165, 1.54) is 23.1 Å². The van der Waals surface area contributed by atoms with E-state index in [4.69, 9.17) is 0 Å². The molecule has 0 nitrogen and oxygen atoms in total. The molecule has 0 fully saturated rings. The zero-order valence-electron chi connectivity index (χ0n) is 11.2. The van der Waals surface area contributed by atoms with Crippen molar-refractivity contribution in [3.8, 4) is 11.1 Å². The van der Waals surface area contributed by atoms with Crippen LogP contribution in [0.15, 0.2) is 55.1 Å². The highest BCUT2D eigenvalue weighted by molar-refractivity contribution is 5.65. The monoisotopic (exact) mass is 236 g/mol. The van der Waals surface area contributed by atoms with Crippen molar-refractivity contribution < 1.29 is 0 Å². The molecule has 2 aromatic carbocycles. The van der Waals surface area contributed by atoms with Crippen LogP contribution < -0.4 is 0 Å². The number of rotatable bonds is 4. The lowest BCUT2D eigenvalue weighted by Gasteiger charge is -2.10. The maximum Gasteiger partial charge on any atom is -0.0184 e. The molecule has 1 atom stereocenters. The van der Waals surface area contributed by atoms with Crippen molar-refractivity contribution in [3.63, 3.8) is 0 Å². The van der Waals surface area contributed by atoms with E-state index in [0.29, 0.717) is 5.92 Å². The summed E-state index contributed by atoms with van der Waals surface area (Å²) < 4.78 is 0. The Hall–Kier alpha value is -1.82. The summed E-state index contributed by atoms with van der Waals surface area (Å²) in [5.41, 5.74) is 5.12. The number of hydrogen-bond donors (Lipinski definition) is 0. The average Bonchev–Trinajstić information content (AvgIpc) is 2.47. The topological polar surface area (TPSA) is 0 Å². The van der Waals surface area contributed by atoms with Crippen molar-refractivity contribution in [1.82, 2.24) is 0 Å². The van der Waals surface area contributed by atoms with Crippen LogP contribution in [0.4, 0.5) is 0 Å². The first-order valence-electron chi connectivity index (χ1n) is 6.57. The lowest BCUT2D eigenvalue weighted by molar-refractivity contribution is 0.734. The van der Waals surface area contributed by atoms with Crippen LogP contribution in [0.25, 0.3) is 17.2 Å². The van der Waals surface area contributed by atoms with E-state index in [2.05, 4.69) is 69.0 Å². The van der Waals surface area contributed by atoms with Gasteiger partial charge >= 0.3 is 0 Å². The second-order valence-electron chi connectivity index (χ2n) is 4.76. The van der Waals surface area contributed by atoms with Gasteiger partial charge in [-0.15, -0.1) is 0 Å². The van der Waals surface area contributed by atoms with Gasteiger partial charge in [0.05, 0.1) is 0 Å². The van der Waals surface area contributed by atoms with E-state index in [1.54, 1.807) is 0 Å². The smallest absolute Gasteiger partial charge is 0.0184 e. The van der Waals surface area contributed by atoms with Crippen LogP contribution in [0.3, 0.4) is 0 Å². The molecule has 0 saturated heterocycles. The molecular weight excluding hydrogens is 216 g/mol. The minimum Gasteiger partial charge on any atom is -0.0985 e. The zero-order chi connectivity index (χ0) is 13.0. The first-order valence-corrected chi connectivity index (χ1v) is 6.57. The minimum absolute atomic E-state index is 0.641. The highest BCUT2D eigenvalue weighted by Gasteiger charge is 2.03. The highest BCUT2D eigenvalue weighted by Crippen LogP contribution is 2.24. The summed E-state index contributed by atoms with van der Waals surface area (Å²) in [5, 5.41) is 0. The Labute approximate surface area is 110 Å². The summed E-state index contributed by atoms with van der Waals surface area (Å²) in [7, 11) is 0. The molecule has 0 bridgehead atoms. The second kappa shape index (κ2) is 5.68. The van der Waals surface area contributed by atoms with E-state index in [9.17, 15) is 0 Å². The molecule has 92 valence electrons. The summed E-state index contributed by atoms with van der Waals surface area (Å²) in [6, 6.07) is 17.4. The van der Waals surface area contributed by atoms with Crippen LogP contribution in [-0.2, 0) is 0 Å². The molecule has 0 N–H and O–H groups in total. The summed E-state index contributed by atoms with van der Waals surface area (Å²) in [6.07, 6.45) is 3.06. The maximum atomic E-state index is 3.77. The molecule has 0 aromatic heterocycles. The third-order valence-electron chi connectivity index (χ3n) is 3.57. The van der Waals surface area contributed by atoms with Gasteiger partial charge in [-0.2, -0.15) is 0 Å². The molecule has 0 saturated carbocycles. The quantitative estimate of drug-likeness (QED) is 0.656. The molecule has 2 rings (SSSR count). The SMILES string of the molecule is C=Cc1ccc(-c2ccc(C(C)CC)cc2)cc1. The van der Waals surface area contributed by atoms with Gasteiger partial charge in [-0.3, -0.25) is 0 Å². The van der Waals surface area contributed by atoms with Crippen molar-refractivity contribution in [1.29, 1.82) is 0 Å². The Kier molecular flexibility index (Phi) is 3.99. The molecule has 0 aliphatic rings. The lowest BCUT2D eigenvalue weighted by Crippen LogP contribution is -1.90. The van der Waals surface area contributed by atoms with Crippen molar-refractivity contribution in [3.05, 3.63) is 66.2 Å². The molecule has 1 unspecified atom stereocenters. The Morgan fingerprint density at radius 2 is 1.44 bits per heavy atom. The Morgan fingerprint density at radius 3 is 1.89 bits per heavy atom. The van der Waals surface area contributed by atoms with Crippen molar-refractivity contribution in [2.24, 2.45) is 0 Å². The highest BCUT2D eigenvalue weighted by atomic mass is 14.1. The third kappa shape index (κ3) is 2.70. The summed E-state index contributed by atoms with van der Waals surface area (Å²) in [6.45, 7) is 8.27. The standard InChI is InChI=1S/C18H20/c1-4-14(3)16-10-12-18(13-11-16)17-8-6-15(5-2)7-9-17/h5-14H,2,4H2,1,3H3. The zero-order valence-corrected chi connectivity index (χ0v) is 11.2. The molecule has 0 aliphatic carbocycles. The van der Waals surface area contributed by atoms with Crippen LogP contribution in [0.2, 0.25) is 0 Å². The second-order valence-corrected chi connectivity index (χ2v) is 4.76. The predicted octanol–water partition coefficient (Wildman–Crippen LogP) is 5.51. The largest absolute Gasteiger partial charge is 0.0985 e. The number of benzene rings is 2. The predicted molar refractivity (Wildman–Crippen MR) is 80.7 cm³/mol. The van der Waals surface area contributed by atoms with Crippen LogP contribution in [0.1, 0.15) is 37.3 Å². The molecule has 0 amide bonds. The van der Waals surface area contributed by atoms with Crippen molar-refractivity contribution >= 4 is 6.08 Å². The molecule has 2 aromatic rings. The summed E-state index contributed by atoms with van der Waals surface area (Å²) in [4.78, 5) is 0. The molecule has 18 heavy (non-hydrogen) atoms. The van der Waals surface area contributed by atoms with Gasteiger partial charge in [0.15, 0.2) is 0 Å². The van der Waals surface area contributed by atoms with Gasteiger partial charge in [0.1, 0.15) is 0 Å². The fraction of sp³-hybridized carbons (Fsp3) is 0.222. The fourth-order valence-electron chi connectivity index (χ4n) is 2.05. The Balaban J connectivity index is 2.25. The first-order chi connectivity index (χ1) is 8.74. The summed E-state index contributed by atoms with van der Waals surface area (Å²) >= 11 is 0. The first kappa shape index (κ1) is 12.6. The molecule has 0 heterocycles. The molecule has 0 heteroatoms. The van der Waals surface area contributed by atoms with Crippen molar-refractivity contribution in [2.45, 2.75) is 26.2 Å². The average molecular weight is 236 g/mol. The minimum atomic E-state index is 0.641. The third-order valence-corrected chi connectivity index (χ3v) is 3.57. The van der Waals surface area contributed by atoms with Crippen LogP contribution in [0, 0.1) is 0 Å². The van der Waals surface area contributed by atoms with E-state index in [0.717, 1.165) is 5.56 Å². The van der Waals surface area contributed by atoms with Gasteiger partial charge in [-0.05, 0) is 34.6 Å². The molecule has 0 aliphatic heterocycles. The van der Waals surface area contributed by atoms with Crippen LogP contribution in [-0.4, -0.2) is 0 Å². The normalized spacial score (nSPS) is 12.1. The van der Waals surface area contributed by atoms with Gasteiger partial charge < -0.3 is 0 Å². The van der Waals surface area contributed by atoms with Crippen LogP contribution >= 0.6 is 0 Å². The lowest BCUT2D eigenvalue weighted by atomic mass is 9.95. The van der Waals surface area contributed by atoms with Crippen molar-refractivity contribution in [2.75, 3.05) is 0 Å². The van der Waals surface area contributed by atoms with E-state index < -0.39 is 0 Å². The molecule has 0 radical (unpaired) electrons. The Morgan fingerprint density at radius 1 is 0.944 bits per heavy atom. The fourth-order valence-corrected chi connectivity index (χ4v) is 2.05.